The third-order valence-electron chi connectivity index (χ3n) is 3.49. The Labute approximate surface area is 111 Å². The smallest absolute Gasteiger partial charge is 0.151 e. The highest BCUT2D eigenvalue weighted by Crippen LogP contribution is 2.25. The van der Waals surface area contributed by atoms with Gasteiger partial charge in [-0.25, -0.2) is 4.98 Å². The molecule has 0 N–H and O–H groups in total. The van der Waals surface area contributed by atoms with Crippen LogP contribution in [-0.4, -0.2) is 27.2 Å². The summed E-state index contributed by atoms with van der Waals surface area (Å²) in [7, 11) is 0. The van der Waals surface area contributed by atoms with Crippen LogP contribution in [-0.2, 0) is 6.42 Å². The second-order valence-electron chi connectivity index (χ2n) is 4.84. The van der Waals surface area contributed by atoms with Crippen molar-refractivity contribution in [2.45, 2.75) is 19.3 Å². The summed E-state index contributed by atoms with van der Waals surface area (Å²) in [6, 6.07) is 3.79. The summed E-state index contributed by atoms with van der Waals surface area (Å²) in [4.78, 5) is 15.3. The highest BCUT2D eigenvalue weighted by molar-refractivity contribution is 7.99. The molecule has 2 aromatic heterocycles. The molecule has 1 aliphatic heterocycles. The molecule has 1 unspecified atom stereocenters. The van der Waals surface area contributed by atoms with Crippen LogP contribution in [0.5, 0.6) is 0 Å². The Hall–Kier alpha value is -1.29. The first-order chi connectivity index (χ1) is 8.86. The van der Waals surface area contributed by atoms with Crippen LogP contribution in [0.4, 0.5) is 0 Å². The summed E-state index contributed by atoms with van der Waals surface area (Å²) in [5.41, 5.74) is 1.78. The molecule has 4 heteroatoms. The minimum atomic E-state index is 0.708. The van der Waals surface area contributed by atoms with Crippen LogP contribution < -0.4 is 0 Å². The Morgan fingerprint density at radius 1 is 1.50 bits per heavy atom. The van der Waals surface area contributed by atoms with Gasteiger partial charge in [0.2, 0.25) is 0 Å². The zero-order valence-electron chi connectivity index (χ0n) is 10.2. The van der Waals surface area contributed by atoms with Gasteiger partial charge in [0.25, 0.3) is 0 Å². The van der Waals surface area contributed by atoms with E-state index < -0.39 is 0 Å². The molecular weight excluding hydrogens is 244 g/mol. The number of carbonyl (C=O) groups excluding carboxylic acids is 1. The van der Waals surface area contributed by atoms with Crippen molar-refractivity contribution < 1.29 is 4.79 Å². The molecule has 3 nitrogen and oxygen atoms in total. The fourth-order valence-electron chi connectivity index (χ4n) is 2.51. The summed E-state index contributed by atoms with van der Waals surface area (Å²) >= 11 is 2.04. The molecule has 1 fully saturated rings. The van der Waals surface area contributed by atoms with Crippen molar-refractivity contribution in [1.82, 2.24) is 9.38 Å². The van der Waals surface area contributed by atoms with E-state index in [1.54, 1.807) is 0 Å². The second-order valence-corrected chi connectivity index (χ2v) is 5.99. The topological polar surface area (TPSA) is 34.4 Å². The monoisotopic (exact) mass is 260 g/mol. The van der Waals surface area contributed by atoms with E-state index in [4.69, 9.17) is 0 Å². The zero-order chi connectivity index (χ0) is 12.4. The SMILES string of the molecule is O=Cc1ccc2cnc(CC3CCCSC3)n2c1. The average Bonchev–Trinajstić information content (AvgIpc) is 2.82. The summed E-state index contributed by atoms with van der Waals surface area (Å²) in [5, 5.41) is 0. The Kier molecular flexibility index (Phi) is 3.37. The quantitative estimate of drug-likeness (QED) is 0.796. The number of hydrogen-bond acceptors (Lipinski definition) is 3. The van der Waals surface area contributed by atoms with Gasteiger partial charge >= 0.3 is 0 Å². The first-order valence-electron chi connectivity index (χ1n) is 6.36. The number of aromatic nitrogens is 2. The van der Waals surface area contributed by atoms with Gasteiger partial charge in [0.1, 0.15) is 5.82 Å². The maximum absolute atomic E-state index is 10.8. The lowest BCUT2D eigenvalue weighted by atomic mass is 10.0. The number of nitrogens with zero attached hydrogens (tertiary/aromatic N) is 2. The van der Waals surface area contributed by atoms with Crippen LogP contribution in [0.1, 0.15) is 29.0 Å². The fourth-order valence-corrected chi connectivity index (χ4v) is 3.66. The Morgan fingerprint density at radius 3 is 3.22 bits per heavy atom. The molecule has 0 aromatic carbocycles. The maximum atomic E-state index is 10.8. The van der Waals surface area contributed by atoms with Crippen molar-refractivity contribution in [3.05, 3.63) is 35.9 Å². The predicted octanol–water partition coefficient (Wildman–Crippen LogP) is 2.83. The molecule has 94 valence electrons. The van der Waals surface area contributed by atoms with E-state index in [-0.39, 0.29) is 0 Å². The number of imidazole rings is 1. The molecule has 0 aliphatic carbocycles. The number of fused-ring (bicyclic) bond motifs is 1. The summed E-state index contributed by atoms with van der Waals surface area (Å²) in [5.74, 6) is 4.35. The minimum Gasteiger partial charge on any atom is -0.303 e. The highest BCUT2D eigenvalue weighted by atomic mass is 32.2. The molecule has 1 atom stereocenters. The molecule has 0 spiro atoms. The Morgan fingerprint density at radius 2 is 2.44 bits per heavy atom. The molecular formula is C14H16N2OS. The lowest BCUT2D eigenvalue weighted by Gasteiger charge is -2.20. The van der Waals surface area contributed by atoms with Crippen LogP contribution in [0.2, 0.25) is 0 Å². The number of rotatable bonds is 3. The van der Waals surface area contributed by atoms with Gasteiger partial charge in [-0.1, -0.05) is 0 Å². The van der Waals surface area contributed by atoms with Crippen molar-refractivity contribution in [2.24, 2.45) is 5.92 Å². The first-order valence-corrected chi connectivity index (χ1v) is 7.51. The van der Waals surface area contributed by atoms with E-state index >= 15 is 0 Å². The molecule has 0 bridgehead atoms. The van der Waals surface area contributed by atoms with Crippen LogP contribution in [0.25, 0.3) is 5.52 Å². The number of thioether (sulfide) groups is 1. The molecule has 1 saturated heterocycles. The van der Waals surface area contributed by atoms with Crippen molar-refractivity contribution in [1.29, 1.82) is 0 Å². The van der Waals surface area contributed by atoms with E-state index in [0.717, 1.165) is 30.0 Å². The van der Waals surface area contributed by atoms with Crippen molar-refractivity contribution in [3.63, 3.8) is 0 Å². The van der Waals surface area contributed by atoms with Crippen molar-refractivity contribution in [2.75, 3.05) is 11.5 Å². The number of hydrogen-bond donors (Lipinski definition) is 0. The zero-order valence-corrected chi connectivity index (χ0v) is 11.0. The maximum Gasteiger partial charge on any atom is 0.151 e. The highest BCUT2D eigenvalue weighted by Gasteiger charge is 2.16. The first kappa shape index (κ1) is 11.8. The Balaban J connectivity index is 1.88. The molecule has 3 rings (SSSR count). The molecule has 2 aromatic rings. The number of aldehydes is 1. The van der Waals surface area contributed by atoms with E-state index in [9.17, 15) is 4.79 Å². The van der Waals surface area contributed by atoms with Gasteiger partial charge in [0, 0.05) is 18.2 Å². The van der Waals surface area contributed by atoms with E-state index in [1.807, 2.05) is 36.3 Å². The van der Waals surface area contributed by atoms with Gasteiger partial charge in [-0.15, -0.1) is 0 Å². The lowest BCUT2D eigenvalue weighted by molar-refractivity contribution is 0.112. The summed E-state index contributed by atoms with van der Waals surface area (Å²) in [6.45, 7) is 0. The predicted molar refractivity (Wildman–Crippen MR) is 74.3 cm³/mol. The van der Waals surface area contributed by atoms with Gasteiger partial charge in [0.05, 0.1) is 11.7 Å². The number of pyridine rings is 1. The second kappa shape index (κ2) is 5.14. The third kappa shape index (κ3) is 2.29. The normalized spacial score (nSPS) is 20.1. The van der Waals surface area contributed by atoms with Gasteiger partial charge < -0.3 is 4.40 Å². The number of carbonyl (C=O) groups is 1. The molecule has 3 heterocycles. The van der Waals surface area contributed by atoms with E-state index in [1.165, 1.54) is 24.3 Å². The Bertz CT molecular complexity index is 558. The van der Waals surface area contributed by atoms with Crippen LogP contribution in [0.3, 0.4) is 0 Å². The molecule has 1 aliphatic rings. The lowest BCUT2D eigenvalue weighted by Crippen LogP contribution is -2.14. The standard InChI is InChI=1S/C14H16N2OS/c17-9-12-3-4-13-7-15-14(16(13)8-12)6-11-2-1-5-18-10-11/h3-4,7-9,11H,1-2,5-6,10H2. The van der Waals surface area contributed by atoms with Gasteiger partial charge in [-0.05, 0) is 42.4 Å². The molecule has 0 radical (unpaired) electrons. The van der Waals surface area contributed by atoms with Gasteiger partial charge in [-0.2, -0.15) is 11.8 Å². The van der Waals surface area contributed by atoms with Crippen molar-refractivity contribution in [3.8, 4) is 0 Å². The van der Waals surface area contributed by atoms with E-state index in [0.29, 0.717) is 5.56 Å². The largest absolute Gasteiger partial charge is 0.303 e. The minimum absolute atomic E-state index is 0.708. The van der Waals surface area contributed by atoms with Crippen LogP contribution >= 0.6 is 11.8 Å². The van der Waals surface area contributed by atoms with Crippen molar-refractivity contribution >= 4 is 23.6 Å². The van der Waals surface area contributed by atoms with Crippen LogP contribution in [0.15, 0.2) is 24.5 Å². The van der Waals surface area contributed by atoms with Gasteiger partial charge in [0.15, 0.2) is 6.29 Å². The third-order valence-corrected chi connectivity index (χ3v) is 4.77. The van der Waals surface area contributed by atoms with Gasteiger partial charge in [-0.3, -0.25) is 4.79 Å². The fraction of sp³-hybridized carbons (Fsp3) is 0.429. The van der Waals surface area contributed by atoms with E-state index in [2.05, 4.69) is 9.38 Å². The molecule has 18 heavy (non-hydrogen) atoms. The molecule has 0 amide bonds. The van der Waals surface area contributed by atoms with Crippen LogP contribution in [0, 0.1) is 5.92 Å². The summed E-state index contributed by atoms with van der Waals surface area (Å²) < 4.78 is 2.06. The average molecular weight is 260 g/mol. The molecule has 0 saturated carbocycles. The summed E-state index contributed by atoms with van der Waals surface area (Å²) in [6.07, 6.45) is 8.30.